The zero-order chi connectivity index (χ0) is 22.0. The van der Waals surface area contributed by atoms with Crippen molar-refractivity contribution in [1.82, 2.24) is 24.6 Å². The maximum atomic E-state index is 13.2. The average Bonchev–Trinajstić information content (AvgIpc) is 3.14. The van der Waals surface area contributed by atoms with Crippen LogP contribution in [-0.4, -0.2) is 45.5 Å². The van der Waals surface area contributed by atoms with Crippen molar-refractivity contribution in [3.8, 4) is 11.8 Å². The van der Waals surface area contributed by atoms with E-state index in [1.165, 1.54) is 12.3 Å². The normalized spacial score (nSPS) is 14.5. The molecule has 1 fully saturated rings. The van der Waals surface area contributed by atoms with E-state index in [1.54, 1.807) is 17.6 Å². The van der Waals surface area contributed by atoms with E-state index >= 15 is 0 Å². The summed E-state index contributed by atoms with van der Waals surface area (Å²) < 4.78 is 42.0. The van der Waals surface area contributed by atoms with E-state index in [0.717, 1.165) is 43.0 Å². The third kappa shape index (κ3) is 4.27. The van der Waals surface area contributed by atoms with E-state index in [9.17, 15) is 18.0 Å². The van der Waals surface area contributed by atoms with Gasteiger partial charge in [-0.2, -0.15) is 18.3 Å². The van der Waals surface area contributed by atoms with Crippen molar-refractivity contribution in [1.29, 1.82) is 0 Å². The second kappa shape index (κ2) is 8.43. The minimum Gasteiger partial charge on any atom is -0.340 e. The summed E-state index contributed by atoms with van der Waals surface area (Å²) >= 11 is 0. The highest BCUT2D eigenvalue weighted by Crippen LogP contribution is 2.29. The van der Waals surface area contributed by atoms with Crippen molar-refractivity contribution in [2.24, 2.45) is 0 Å². The number of alkyl halides is 3. The molecule has 0 bridgehead atoms. The number of hydrogen-bond acceptors (Lipinski definition) is 5. The Morgan fingerprint density at radius 2 is 2.00 bits per heavy atom. The van der Waals surface area contributed by atoms with Crippen LogP contribution >= 0.6 is 0 Å². The quantitative estimate of drug-likeness (QED) is 0.642. The molecule has 1 N–H and O–H groups in total. The molecule has 7 nitrogen and oxygen atoms in total. The highest BCUT2D eigenvalue weighted by molar-refractivity contribution is 5.77. The standard InChI is InChI=1S/C21H21F3N6O/c1-2-3-9-29-18-17(27-20(29)28-10-7-25-8-11-28)13-26-30(19(18)31)14-15-5-4-6-16(12-15)21(22,23)24/h4-6,12-13,25H,7-11,14H2,1H3. The maximum absolute atomic E-state index is 13.2. The Bertz CT molecular complexity index is 1210. The summed E-state index contributed by atoms with van der Waals surface area (Å²) in [5.41, 5.74) is -0.0504. The van der Waals surface area contributed by atoms with Crippen molar-refractivity contribution in [2.75, 3.05) is 31.1 Å². The first kappa shape index (κ1) is 20.9. The van der Waals surface area contributed by atoms with E-state index in [0.29, 0.717) is 22.5 Å². The summed E-state index contributed by atoms with van der Waals surface area (Å²) in [5.74, 6) is 6.46. The molecule has 3 heterocycles. The van der Waals surface area contributed by atoms with Crippen LogP contribution in [0, 0.1) is 11.8 Å². The van der Waals surface area contributed by atoms with E-state index in [4.69, 9.17) is 0 Å². The van der Waals surface area contributed by atoms with Gasteiger partial charge in [0.1, 0.15) is 11.0 Å². The van der Waals surface area contributed by atoms with Crippen molar-refractivity contribution >= 4 is 17.0 Å². The molecule has 3 aromatic rings. The molecule has 0 amide bonds. The van der Waals surface area contributed by atoms with Crippen LogP contribution in [-0.2, 0) is 19.3 Å². The van der Waals surface area contributed by atoms with Crippen LogP contribution < -0.4 is 15.8 Å². The van der Waals surface area contributed by atoms with Gasteiger partial charge >= 0.3 is 6.18 Å². The van der Waals surface area contributed by atoms with Crippen LogP contribution in [0.15, 0.2) is 35.3 Å². The molecule has 0 atom stereocenters. The first-order valence-electron chi connectivity index (χ1n) is 9.86. The second-order valence-corrected chi connectivity index (χ2v) is 7.20. The summed E-state index contributed by atoms with van der Waals surface area (Å²) in [6.07, 6.45) is -2.97. The molecule has 1 aliphatic heterocycles. The predicted molar refractivity (Wildman–Crippen MR) is 111 cm³/mol. The molecule has 0 unspecified atom stereocenters. The van der Waals surface area contributed by atoms with Gasteiger partial charge in [-0.15, -0.1) is 5.92 Å². The number of nitrogens with zero attached hydrogens (tertiary/aromatic N) is 5. The van der Waals surface area contributed by atoms with Crippen LogP contribution in [0.25, 0.3) is 11.0 Å². The Balaban J connectivity index is 1.77. The molecule has 4 rings (SSSR count). The third-order valence-electron chi connectivity index (χ3n) is 5.13. The topological polar surface area (TPSA) is 68.0 Å². The fourth-order valence-corrected chi connectivity index (χ4v) is 3.62. The lowest BCUT2D eigenvalue weighted by atomic mass is 10.1. The third-order valence-corrected chi connectivity index (χ3v) is 5.13. The van der Waals surface area contributed by atoms with Crippen LogP contribution in [0.3, 0.4) is 0 Å². The molecule has 1 saturated heterocycles. The highest BCUT2D eigenvalue weighted by Gasteiger charge is 2.30. The zero-order valence-corrected chi connectivity index (χ0v) is 16.9. The van der Waals surface area contributed by atoms with Crippen molar-refractivity contribution in [3.05, 3.63) is 51.9 Å². The summed E-state index contributed by atoms with van der Waals surface area (Å²) in [5, 5.41) is 7.43. The van der Waals surface area contributed by atoms with Gasteiger partial charge in [-0.3, -0.25) is 9.36 Å². The average molecular weight is 430 g/mol. The van der Waals surface area contributed by atoms with Crippen LogP contribution in [0.4, 0.5) is 19.1 Å². The Hall–Kier alpha value is -3.32. The Labute approximate surface area is 176 Å². The molecular formula is C21H21F3N6O. The minimum atomic E-state index is -4.45. The number of rotatable bonds is 4. The van der Waals surface area contributed by atoms with Gasteiger partial charge in [0.25, 0.3) is 5.56 Å². The second-order valence-electron chi connectivity index (χ2n) is 7.20. The Morgan fingerprint density at radius 1 is 1.23 bits per heavy atom. The highest BCUT2D eigenvalue weighted by atomic mass is 19.4. The fourth-order valence-electron chi connectivity index (χ4n) is 3.62. The molecule has 0 radical (unpaired) electrons. The van der Waals surface area contributed by atoms with Gasteiger partial charge in [0.15, 0.2) is 0 Å². The van der Waals surface area contributed by atoms with Gasteiger partial charge in [-0.05, 0) is 24.6 Å². The molecule has 0 aliphatic carbocycles. The molecule has 1 aromatic carbocycles. The first-order chi connectivity index (χ1) is 14.9. The van der Waals surface area contributed by atoms with E-state index in [1.807, 2.05) is 0 Å². The van der Waals surface area contributed by atoms with Gasteiger partial charge in [-0.25, -0.2) is 9.67 Å². The summed E-state index contributed by atoms with van der Waals surface area (Å²) in [6.45, 7) is 5.03. The van der Waals surface area contributed by atoms with Gasteiger partial charge < -0.3 is 10.2 Å². The number of anilines is 1. The van der Waals surface area contributed by atoms with E-state index in [-0.39, 0.29) is 13.1 Å². The number of halogens is 3. The fraction of sp³-hybridized carbons (Fsp3) is 0.381. The Kier molecular flexibility index (Phi) is 5.69. The summed E-state index contributed by atoms with van der Waals surface area (Å²) in [6, 6.07) is 4.90. The molecule has 1 aliphatic rings. The maximum Gasteiger partial charge on any atom is 0.416 e. The van der Waals surface area contributed by atoms with E-state index < -0.39 is 17.3 Å². The number of fused-ring (bicyclic) bond motifs is 1. The zero-order valence-electron chi connectivity index (χ0n) is 16.9. The van der Waals surface area contributed by atoms with Gasteiger partial charge in [0.2, 0.25) is 5.95 Å². The summed E-state index contributed by atoms with van der Waals surface area (Å²) in [4.78, 5) is 19.9. The van der Waals surface area contributed by atoms with Crippen LogP contribution in [0.2, 0.25) is 0 Å². The monoisotopic (exact) mass is 430 g/mol. The van der Waals surface area contributed by atoms with Gasteiger partial charge in [0, 0.05) is 26.2 Å². The first-order valence-corrected chi connectivity index (χ1v) is 9.86. The molecule has 0 spiro atoms. The number of benzene rings is 1. The van der Waals surface area contributed by atoms with Crippen LogP contribution in [0.5, 0.6) is 0 Å². The van der Waals surface area contributed by atoms with Gasteiger partial charge in [0.05, 0.1) is 24.8 Å². The molecule has 162 valence electrons. The predicted octanol–water partition coefficient (Wildman–Crippen LogP) is 2.09. The number of hydrogen-bond donors (Lipinski definition) is 1. The number of imidazole rings is 1. The van der Waals surface area contributed by atoms with Crippen LogP contribution in [0.1, 0.15) is 18.1 Å². The lowest BCUT2D eigenvalue weighted by Crippen LogP contribution is -2.44. The number of nitrogens with one attached hydrogen (secondary N) is 1. The number of piperazine rings is 1. The molecule has 10 heteroatoms. The lowest BCUT2D eigenvalue weighted by Gasteiger charge is -2.28. The molecule has 2 aromatic heterocycles. The lowest BCUT2D eigenvalue weighted by molar-refractivity contribution is -0.137. The van der Waals surface area contributed by atoms with Crippen molar-refractivity contribution < 1.29 is 13.2 Å². The smallest absolute Gasteiger partial charge is 0.340 e. The molecular weight excluding hydrogens is 409 g/mol. The van der Waals surface area contributed by atoms with E-state index in [2.05, 4.69) is 32.1 Å². The largest absolute Gasteiger partial charge is 0.416 e. The van der Waals surface area contributed by atoms with Crippen molar-refractivity contribution in [2.45, 2.75) is 26.2 Å². The Morgan fingerprint density at radius 3 is 2.71 bits per heavy atom. The summed E-state index contributed by atoms with van der Waals surface area (Å²) in [7, 11) is 0. The number of aromatic nitrogens is 4. The molecule has 0 saturated carbocycles. The van der Waals surface area contributed by atoms with Gasteiger partial charge in [-0.1, -0.05) is 18.1 Å². The minimum absolute atomic E-state index is 0.0771. The van der Waals surface area contributed by atoms with Crippen molar-refractivity contribution in [3.63, 3.8) is 0 Å². The SMILES string of the molecule is CC#CCn1c(N2CCNCC2)nc2cnn(Cc3cccc(C(F)(F)F)c3)c(=O)c21. The molecule has 31 heavy (non-hydrogen) atoms.